The third-order valence-corrected chi connectivity index (χ3v) is 3.65. The summed E-state index contributed by atoms with van der Waals surface area (Å²) in [6.45, 7) is 1.61. The van der Waals surface area contributed by atoms with Gasteiger partial charge in [-0.3, -0.25) is 10.1 Å². The van der Waals surface area contributed by atoms with Crippen molar-refractivity contribution in [2.24, 2.45) is 0 Å². The van der Waals surface area contributed by atoms with Gasteiger partial charge in [0.15, 0.2) is 6.10 Å². The van der Waals surface area contributed by atoms with Gasteiger partial charge in [-0.2, -0.15) is 0 Å². The molecule has 2 aromatic rings. The third kappa shape index (κ3) is 5.49. The Labute approximate surface area is 155 Å². The lowest BCUT2D eigenvalue weighted by molar-refractivity contribution is -0.127. The highest BCUT2D eigenvalue weighted by atomic mass is 35.5. The van der Waals surface area contributed by atoms with E-state index < -0.39 is 24.0 Å². The van der Waals surface area contributed by atoms with Crippen molar-refractivity contribution < 1.29 is 19.1 Å². The second-order valence-electron chi connectivity index (χ2n) is 5.44. The fraction of sp³-hybridized carbons (Fsp3) is 0.167. The summed E-state index contributed by atoms with van der Waals surface area (Å²) in [6.07, 6.45) is -1.18. The molecule has 136 valence electrons. The largest absolute Gasteiger partial charge is 0.449 e. The van der Waals surface area contributed by atoms with Crippen LogP contribution in [0.3, 0.4) is 0 Å². The predicted octanol–water partition coefficient (Wildman–Crippen LogP) is 2.49. The summed E-state index contributed by atoms with van der Waals surface area (Å²) in [7, 11) is 0. The van der Waals surface area contributed by atoms with E-state index in [-0.39, 0.29) is 17.8 Å². The van der Waals surface area contributed by atoms with Gasteiger partial charge in [-0.15, -0.1) is 0 Å². The van der Waals surface area contributed by atoms with E-state index in [4.69, 9.17) is 22.1 Å². The first-order chi connectivity index (χ1) is 12.4. The van der Waals surface area contributed by atoms with E-state index in [9.17, 15) is 14.4 Å². The maximum atomic E-state index is 12.1. The number of hydrogen-bond acceptors (Lipinski definition) is 5. The molecular weight excluding hydrogens is 358 g/mol. The molecule has 0 aliphatic rings. The molecule has 0 aromatic heterocycles. The van der Waals surface area contributed by atoms with Gasteiger partial charge in [0.2, 0.25) is 0 Å². The highest BCUT2D eigenvalue weighted by Gasteiger charge is 2.22. The first-order valence-electron chi connectivity index (χ1n) is 7.75. The lowest BCUT2D eigenvalue weighted by atomic mass is 10.2. The number of halogens is 1. The van der Waals surface area contributed by atoms with Gasteiger partial charge in [-0.05, 0) is 30.7 Å². The van der Waals surface area contributed by atoms with E-state index in [1.165, 1.54) is 25.1 Å². The Balaban J connectivity index is 1.84. The van der Waals surface area contributed by atoms with Crippen molar-refractivity contribution in [2.45, 2.75) is 19.6 Å². The Hall–Kier alpha value is -3.06. The van der Waals surface area contributed by atoms with Crippen molar-refractivity contribution in [3.05, 3.63) is 64.7 Å². The lowest BCUT2D eigenvalue weighted by Gasteiger charge is -2.14. The standard InChI is InChI=1S/C18H18ClN3O4/c1-11(26-17(24)14-8-7-13(19)9-15(14)20)16(23)22-18(25)21-10-12-5-3-2-4-6-12/h2-9,11H,10,20H2,1H3,(H2,21,22,23,25)/t11-/m0/s1. The molecule has 0 bridgehead atoms. The molecule has 0 saturated heterocycles. The zero-order valence-corrected chi connectivity index (χ0v) is 14.7. The molecule has 0 spiro atoms. The molecule has 0 radical (unpaired) electrons. The van der Waals surface area contributed by atoms with E-state index in [0.29, 0.717) is 5.02 Å². The van der Waals surface area contributed by atoms with Gasteiger partial charge in [-0.25, -0.2) is 9.59 Å². The van der Waals surface area contributed by atoms with E-state index >= 15 is 0 Å². The Morgan fingerprint density at radius 3 is 2.50 bits per heavy atom. The van der Waals surface area contributed by atoms with Crippen LogP contribution in [0.15, 0.2) is 48.5 Å². The molecule has 1 atom stereocenters. The number of nitrogen functional groups attached to an aromatic ring is 1. The Morgan fingerprint density at radius 2 is 1.85 bits per heavy atom. The molecule has 4 N–H and O–H groups in total. The Kier molecular flexibility index (Phi) is 6.57. The average molecular weight is 376 g/mol. The number of hydrogen-bond donors (Lipinski definition) is 3. The molecule has 0 heterocycles. The molecule has 3 amide bonds. The summed E-state index contributed by atoms with van der Waals surface area (Å²) >= 11 is 5.77. The molecule has 0 unspecified atom stereocenters. The van der Waals surface area contributed by atoms with Crippen molar-refractivity contribution in [3.8, 4) is 0 Å². The maximum Gasteiger partial charge on any atom is 0.341 e. The fourth-order valence-electron chi connectivity index (χ4n) is 2.03. The number of esters is 1. The van der Waals surface area contributed by atoms with Crippen LogP contribution in [0.2, 0.25) is 5.02 Å². The van der Waals surface area contributed by atoms with Crippen molar-refractivity contribution in [2.75, 3.05) is 5.73 Å². The van der Waals surface area contributed by atoms with E-state index in [0.717, 1.165) is 5.56 Å². The highest BCUT2D eigenvalue weighted by Crippen LogP contribution is 2.19. The monoisotopic (exact) mass is 375 g/mol. The van der Waals surface area contributed by atoms with Crippen LogP contribution in [0.1, 0.15) is 22.8 Å². The Morgan fingerprint density at radius 1 is 1.15 bits per heavy atom. The molecule has 2 rings (SSSR count). The number of nitrogens with one attached hydrogen (secondary N) is 2. The molecule has 0 saturated carbocycles. The van der Waals surface area contributed by atoms with Crippen molar-refractivity contribution in [1.29, 1.82) is 0 Å². The summed E-state index contributed by atoms with van der Waals surface area (Å²) in [4.78, 5) is 35.8. The normalized spacial score (nSPS) is 11.3. The van der Waals surface area contributed by atoms with Gasteiger partial charge < -0.3 is 15.8 Å². The quantitative estimate of drug-likeness (QED) is 0.549. The zero-order valence-electron chi connectivity index (χ0n) is 14.0. The van der Waals surface area contributed by atoms with E-state index in [1.54, 1.807) is 0 Å². The van der Waals surface area contributed by atoms with Crippen LogP contribution in [0, 0.1) is 0 Å². The van der Waals surface area contributed by atoms with E-state index in [1.807, 2.05) is 30.3 Å². The molecule has 0 aliphatic carbocycles. The fourth-order valence-corrected chi connectivity index (χ4v) is 2.21. The van der Waals surface area contributed by atoms with Crippen LogP contribution in [0.25, 0.3) is 0 Å². The number of imide groups is 1. The smallest absolute Gasteiger partial charge is 0.341 e. The third-order valence-electron chi connectivity index (χ3n) is 3.42. The summed E-state index contributed by atoms with van der Waals surface area (Å²) < 4.78 is 5.03. The first-order valence-corrected chi connectivity index (χ1v) is 8.13. The number of benzene rings is 2. The number of amides is 3. The molecule has 26 heavy (non-hydrogen) atoms. The summed E-state index contributed by atoms with van der Waals surface area (Å²) in [5.74, 6) is -1.54. The van der Waals surface area contributed by atoms with Gasteiger partial charge in [-0.1, -0.05) is 41.9 Å². The van der Waals surface area contributed by atoms with Gasteiger partial charge >= 0.3 is 12.0 Å². The molecule has 0 aliphatic heterocycles. The minimum atomic E-state index is -1.18. The second-order valence-corrected chi connectivity index (χ2v) is 5.87. The number of carbonyl (C=O) groups excluding carboxylic acids is 3. The van der Waals surface area contributed by atoms with E-state index in [2.05, 4.69) is 10.6 Å². The number of urea groups is 1. The maximum absolute atomic E-state index is 12.1. The number of nitrogens with two attached hydrogens (primary N) is 1. The van der Waals surface area contributed by atoms with Gasteiger partial charge in [0.05, 0.1) is 5.56 Å². The first kappa shape index (κ1) is 19.3. The second kappa shape index (κ2) is 8.87. The van der Waals surface area contributed by atoms with Crippen molar-refractivity contribution >= 4 is 35.2 Å². The van der Waals surface area contributed by atoms with Crippen LogP contribution in [-0.2, 0) is 16.1 Å². The Bertz CT molecular complexity index is 811. The zero-order chi connectivity index (χ0) is 19.1. The SMILES string of the molecule is C[C@H](OC(=O)c1ccc(Cl)cc1N)C(=O)NC(=O)NCc1ccccc1. The molecule has 2 aromatic carbocycles. The summed E-state index contributed by atoms with van der Waals surface area (Å²) in [6, 6.07) is 12.8. The molecule has 0 fully saturated rings. The van der Waals surface area contributed by atoms with Crippen molar-refractivity contribution in [3.63, 3.8) is 0 Å². The van der Waals surface area contributed by atoms with Gasteiger partial charge in [0.25, 0.3) is 5.91 Å². The average Bonchev–Trinajstić information content (AvgIpc) is 2.60. The van der Waals surface area contributed by atoms with Crippen molar-refractivity contribution in [1.82, 2.24) is 10.6 Å². The molecule has 8 heteroatoms. The summed E-state index contributed by atoms with van der Waals surface area (Å²) in [5.41, 5.74) is 6.80. The van der Waals surface area contributed by atoms with Crippen LogP contribution in [0.4, 0.5) is 10.5 Å². The van der Waals surface area contributed by atoms with Gasteiger partial charge in [0.1, 0.15) is 0 Å². The topological polar surface area (TPSA) is 111 Å². The number of rotatable bonds is 5. The van der Waals surface area contributed by atoms with Crippen LogP contribution < -0.4 is 16.4 Å². The van der Waals surface area contributed by atoms with Crippen LogP contribution in [0.5, 0.6) is 0 Å². The molecular formula is C18H18ClN3O4. The minimum absolute atomic E-state index is 0.0857. The summed E-state index contributed by atoms with van der Waals surface area (Å²) in [5, 5.41) is 5.03. The highest BCUT2D eigenvalue weighted by molar-refractivity contribution is 6.31. The lowest BCUT2D eigenvalue weighted by Crippen LogP contribution is -2.44. The predicted molar refractivity (Wildman–Crippen MR) is 97.6 cm³/mol. The number of ether oxygens (including phenoxy) is 1. The van der Waals surface area contributed by atoms with Crippen LogP contribution in [-0.4, -0.2) is 24.0 Å². The van der Waals surface area contributed by atoms with Gasteiger partial charge in [0, 0.05) is 17.3 Å². The number of anilines is 1. The minimum Gasteiger partial charge on any atom is -0.449 e. The number of carbonyl (C=O) groups is 3. The molecule has 7 nitrogen and oxygen atoms in total. The van der Waals surface area contributed by atoms with Crippen LogP contribution >= 0.6 is 11.6 Å².